The van der Waals surface area contributed by atoms with Crippen molar-refractivity contribution in [1.29, 1.82) is 5.26 Å². The number of likely N-dealkylation sites (tertiary alicyclic amines) is 1. The molecule has 2 atom stereocenters. The van der Waals surface area contributed by atoms with Gasteiger partial charge in [0.25, 0.3) is 0 Å². The number of nitriles is 1. The van der Waals surface area contributed by atoms with Crippen molar-refractivity contribution in [2.75, 3.05) is 45.3 Å². The van der Waals surface area contributed by atoms with Crippen LogP contribution in [-0.4, -0.2) is 85.0 Å². The number of carbonyl (C=O) groups excluding carboxylic acids is 3. The number of rotatable bonds is 12. The molecule has 1 heterocycles. The van der Waals surface area contributed by atoms with E-state index < -0.39 is 12.0 Å². The lowest BCUT2D eigenvalue weighted by Gasteiger charge is -2.31. The molecule has 1 saturated heterocycles. The van der Waals surface area contributed by atoms with Crippen LogP contribution in [0.25, 0.3) is 0 Å². The second kappa shape index (κ2) is 13.8. The van der Waals surface area contributed by atoms with Crippen LogP contribution in [0.5, 0.6) is 0 Å². The van der Waals surface area contributed by atoms with Crippen LogP contribution in [0.4, 0.5) is 0 Å². The zero-order valence-electron chi connectivity index (χ0n) is 19.3. The standard InChI is InChI=1S/C23H33N5O4S/c1-32-23(31)20(9-11-33-2)26-21(29)16-27(14-18-7-4-3-6-17(18)12-24)15-19-8-5-10-28(19)22(30)13-25/h3-4,6-7,19-20H,5,8-11,13-16,25H2,1-2H3,(H,26,29)/t19-,20?/m0/s1. The minimum atomic E-state index is -0.718. The van der Waals surface area contributed by atoms with Crippen LogP contribution >= 0.6 is 11.8 Å². The average Bonchev–Trinajstić information content (AvgIpc) is 3.28. The smallest absolute Gasteiger partial charge is 0.328 e. The van der Waals surface area contributed by atoms with Gasteiger partial charge in [0.2, 0.25) is 11.8 Å². The number of benzene rings is 1. The highest BCUT2D eigenvalue weighted by atomic mass is 32.2. The van der Waals surface area contributed by atoms with Crippen molar-refractivity contribution in [3.8, 4) is 6.07 Å². The van der Waals surface area contributed by atoms with E-state index in [-0.39, 0.29) is 30.9 Å². The molecule has 9 nitrogen and oxygen atoms in total. The van der Waals surface area contributed by atoms with Gasteiger partial charge >= 0.3 is 5.97 Å². The molecule has 1 aromatic rings. The van der Waals surface area contributed by atoms with Crippen LogP contribution < -0.4 is 11.1 Å². The molecular formula is C23H33N5O4S. The number of hydrogen-bond donors (Lipinski definition) is 2. The van der Waals surface area contributed by atoms with Gasteiger partial charge in [-0.25, -0.2) is 4.79 Å². The molecule has 0 bridgehead atoms. The molecule has 180 valence electrons. The van der Waals surface area contributed by atoms with Crippen molar-refractivity contribution in [3.05, 3.63) is 35.4 Å². The Labute approximate surface area is 199 Å². The summed E-state index contributed by atoms with van der Waals surface area (Å²) in [5.41, 5.74) is 6.91. The zero-order chi connectivity index (χ0) is 24.2. The molecule has 0 saturated carbocycles. The molecule has 1 aromatic carbocycles. The van der Waals surface area contributed by atoms with Crippen LogP contribution in [-0.2, 0) is 25.7 Å². The Kier molecular flexibility index (Phi) is 11.2. The van der Waals surface area contributed by atoms with Crippen LogP contribution in [0.3, 0.4) is 0 Å². The Bertz CT molecular complexity index is 859. The minimum Gasteiger partial charge on any atom is -0.467 e. The van der Waals surface area contributed by atoms with Crippen molar-refractivity contribution in [1.82, 2.24) is 15.1 Å². The molecule has 10 heteroatoms. The summed E-state index contributed by atoms with van der Waals surface area (Å²) in [6.45, 7) is 1.45. The highest BCUT2D eigenvalue weighted by Crippen LogP contribution is 2.20. The van der Waals surface area contributed by atoms with Gasteiger partial charge in [0.15, 0.2) is 0 Å². The predicted octanol–water partition coefficient (Wildman–Crippen LogP) is 0.721. The van der Waals surface area contributed by atoms with Gasteiger partial charge in [0.05, 0.1) is 31.8 Å². The topological polar surface area (TPSA) is 129 Å². The zero-order valence-corrected chi connectivity index (χ0v) is 20.1. The molecule has 2 amide bonds. The van der Waals surface area contributed by atoms with E-state index in [9.17, 15) is 19.6 Å². The van der Waals surface area contributed by atoms with Crippen molar-refractivity contribution in [2.45, 2.75) is 37.9 Å². The van der Waals surface area contributed by atoms with E-state index in [1.165, 1.54) is 7.11 Å². The SMILES string of the molecule is COC(=O)C(CCSC)NC(=O)CN(Cc1ccccc1C#N)C[C@@H]1CCCN1C(=O)CN. The summed E-state index contributed by atoms with van der Waals surface area (Å²) in [6.07, 6.45) is 4.10. The first kappa shape index (κ1) is 26.6. The Morgan fingerprint density at radius 3 is 2.82 bits per heavy atom. The molecule has 2 rings (SSSR count). The van der Waals surface area contributed by atoms with Crippen LogP contribution in [0.15, 0.2) is 24.3 Å². The average molecular weight is 476 g/mol. The number of hydrogen-bond acceptors (Lipinski definition) is 8. The Hall–Kier alpha value is -2.61. The van der Waals surface area contributed by atoms with Crippen molar-refractivity contribution in [2.24, 2.45) is 5.73 Å². The van der Waals surface area contributed by atoms with Gasteiger partial charge in [-0.1, -0.05) is 18.2 Å². The maximum absolute atomic E-state index is 12.9. The van der Waals surface area contributed by atoms with Gasteiger partial charge in [-0.3, -0.25) is 14.5 Å². The fraction of sp³-hybridized carbons (Fsp3) is 0.565. The van der Waals surface area contributed by atoms with Gasteiger partial charge in [-0.2, -0.15) is 17.0 Å². The van der Waals surface area contributed by atoms with E-state index in [2.05, 4.69) is 11.4 Å². The second-order valence-electron chi connectivity index (χ2n) is 7.95. The van der Waals surface area contributed by atoms with Gasteiger partial charge in [0.1, 0.15) is 6.04 Å². The number of nitrogens with one attached hydrogen (secondary N) is 1. The Morgan fingerprint density at radius 2 is 2.15 bits per heavy atom. The third kappa shape index (κ3) is 8.03. The molecule has 1 fully saturated rings. The number of amides is 2. The predicted molar refractivity (Wildman–Crippen MR) is 127 cm³/mol. The molecule has 1 aliphatic heterocycles. The summed E-state index contributed by atoms with van der Waals surface area (Å²) < 4.78 is 4.83. The van der Waals surface area contributed by atoms with Crippen LogP contribution in [0.1, 0.15) is 30.4 Å². The van der Waals surface area contributed by atoms with Crippen molar-refractivity contribution < 1.29 is 19.1 Å². The van der Waals surface area contributed by atoms with Crippen molar-refractivity contribution >= 4 is 29.5 Å². The van der Waals surface area contributed by atoms with Crippen LogP contribution in [0.2, 0.25) is 0 Å². The normalized spacial score (nSPS) is 16.3. The van der Waals surface area contributed by atoms with Gasteiger partial charge < -0.3 is 20.7 Å². The first-order chi connectivity index (χ1) is 15.9. The third-order valence-corrected chi connectivity index (χ3v) is 6.32. The number of esters is 1. The Morgan fingerprint density at radius 1 is 1.39 bits per heavy atom. The van der Waals surface area contributed by atoms with E-state index in [0.29, 0.717) is 37.4 Å². The number of nitrogens with two attached hydrogens (primary N) is 1. The number of ether oxygens (including phenoxy) is 1. The van der Waals surface area contributed by atoms with Crippen molar-refractivity contribution in [3.63, 3.8) is 0 Å². The maximum atomic E-state index is 12.9. The lowest BCUT2D eigenvalue weighted by molar-refractivity contribution is -0.145. The lowest BCUT2D eigenvalue weighted by Crippen LogP contribution is -2.49. The summed E-state index contributed by atoms with van der Waals surface area (Å²) in [5, 5.41) is 12.2. The first-order valence-electron chi connectivity index (χ1n) is 11.0. The largest absolute Gasteiger partial charge is 0.467 e. The third-order valence-electron chi connectivity index (χ3n) is 5.67. The summed E-state index contributed by atoms with van der Waals surface area (Å²) in [4.78, 5) is 40.9. The molecule has 1 unspecified atom stereocenters. The van der Waals surface area contributed by atoms with Gasteiger partial charge in [-0.05, 0) is 42.9 Å². The highest BCUT2D eigenvalue weighted by Gasteiger charge is 2.30. The summed E-state index contributed by atoms with van der Waals surface area (Å²) in [5.74, 6) is -0.190. The van der Waals surface area contributed by atoms with E-state index in [4.69, 9.17) is 10.5 Å². The summed E-state index contributed by atoms with van der Waals surface area (Å²) in [7, 11) is 1.30. The molecule has 0 aliphatic carbocycles. The Balaban J connectivity index is 2.17. The molecule has 3 N–H and O–H groups in total. The number of carbonyl (C=O) groups is 3. The monoisotopic (exact) mass is 475 g/mol. The molecule has 33 heavy (non-hydrogen) atoms. The summed E-state index contributed by atoms with van der Waals surface area (Å²) in [6, 6.07) is 8.66. The minimum absolute atomic E-state index is 0.0215. The number of thioether (sulfide) groups is 1. The van der Waals surface area contributed by atoms with Gasteiger partial charge in [0, 0.05) is 25.7 Å². The second-order valence-corrected chi connectivity index (χ2v) is 8.94. The molecular weight excluding hydrogens is 442 g/mol. The van der Waals surface area contributed by atoms with E-state index >= 15 is 0 Å². The number of methoxy groups -OCH3 is 1. The van der Waals surface area contributed by atoms with E-state index in [0.717, 1.165) is 18.4 Å². The first-order valence-corrected chi connectivity index (χ1v) is 12.4. The maximum Gasteiger partial charge on any atom is 0.328 e. The quantitative estimate of drug-likeness (QED) is 0.423. The molecule has 1 aliphatic rings. The van der Waals surface area contributed by atoms with E-state index in [1.54, 1.807) is 28.8 Å². The summed E-state index contributed by atoms with van der Waals surface area (Å²) >= 11 is 1.58. The molecule has 0 radical (unpaired) electrons. The molecule has 0 aromatic heterocycles. The lowest BCUT2D eigenvalue weighted by atomic mass is 10.1. The van der Waals surface area contributed by atoms with Crippen LogP contribution in [0, 0.1) is 11.3 Å². The van der Waals surface area contributed by atoms with Gasteiger partial charge in [-0.15, -0.1) is 0 Å². The fourth-order valence-electron chi connectivity index (χ4n) is 4.03. The van der Waals surface area contributed by atoms with E-state index in [1.807, 2.05) is 23.3 Å². The molecule has 0 spiro atoms. The highest BCUT2D eigenvalue weighted by molar-refractivity contribution is 7.98. The fourth-order valence-corrected chi connectivity index (χ4v) is 4.50. The number of nitrogens with zero attached hydrogens (tertiary/aromatic N) is 3.